The van der Waals surface area contributed by atoms with Crippen LogP contribution in [0, 0.1) is 0 Å². The molecule has 0 aromatic heterocycles. The van der Waals surface area contributed by atoms with Gasteiger partial charge >= 0.3 is 0 Å². The summed E-state index contributed by atoms with van der Waals surface area (Å²) in [4.78, 5) is 0. The number of allylic oxidation sites excluding steroid dienone is 2. The number of benzene rings is 2. The van der Waals surface area contributed by atoms with E-state index in [1.54, 1.807) is 24.3 Å². The molecule has 0 aliphatic heterocycles. The molecule has 0 spiro atoms. The van der Waals surface area contributed by atoms with Gasteiger partial charge in [0.1, 0.15) is 0 Å². The molecule has 4 nitrogen and oxygen atoms in total. The van der Waals surface area contributed by atoms with Gasteiger partial charge in [-0.05, 0) is 68.0 Å². The van der Waals surface area contributed by atoms with Gasteiger partial charge in [0, 0.05) is 20.1 Å². The molecule has 0 saturated heterocycles. The van der Waals surface area contributed by atoms with Crippen molar-refractivity contribution < 1.29 is 19.7 Å². The number of aromatic hydroxyl groups is 2. The predicted octanol–water partition coefficient (Wildman–Crippen LogP) is 5.76. The third kappa shape index (κ3) is 3.62. The molecule has 2 rings (SSSR count). The van der Waals surface area contributed by atoms with Crippen LogP contribution in [0.5, 0.6) is 23.0 Å². The van der Waals surface area contributed by atoms with E-state index in [-0.39, 0.29) is 11.5 Å². The van der Waals surface area contributed by atoms with Crippen molar-refractivity contribution in [1.82, 2.24) is 0 Å². The van der Waals surface area contributed by atoms with Gasteiger partial charge in [0.2, 0.25) is 0 Å². The van der Waals surface area contributed by atoms with Crippen LogP contribution in [0.2, 0.25) is 0 Å². The number of phenols is 2. The van der Waals surface area contributed by atoms with Crippen molar-refractivity contribution in [1.29, 1.82) is 0 Å². The number of methoxy groups -OCH3 is 2. The van der Waals surface area contributed by atoms with E-state index in [0.29, 0.717) is 44.4 Å². The van der Waals surface area contributed by atoms with Gasteiger partial charge < -0.3 is 19.7 Å². The molecule has 0 heterocycles. The molecule has 0 bridgehead atoms. The minimum absolute atomic E-state index is 0.0824. The first kappa shape index (κ1) is 20.4. The fraction of sp³-hybridized carbons (Fsp3) is 0.200. The molecule has 0 aliphatic rings. The van der Waals surface area contributed by atoms with Gasteiger partial charge in [0.15, 0.2) is 23.0 Å². The van der Waals surface area contributed by atoms with E-state index in [4.69, 9.17) is 9.47 Å². The van der Waals surface area contributed by atoms with Gasteiger partial charge in [-0.1, -0.05) is 12.2 Å². The summed E-state index contributed by atoms with van der Waals surface area (Å²) in [5.74, 6) is 0.445. The number of phenolic OH excluding ortho intramolecular Hbond substituents is 2. The molecule has 2 aromatic rings. The first-order valence-electron chi connectivity index (χ1n) is 7.79. The second-order valence-corrected chi connectivity index (χ2v) is 7.12. The number of halogens is 2. The van der Waals surface area contributed by atoms with E-state index in [1.165, 1.54) is 14.2 Å². The zero-order valence-corrected chi connectivity index (χ0v) is 17.8. The number of hydrogen-bond acceptors (Lipinski definition) is 4. The average molecular weight is 484 g/mol. The van der Waals surface area contributed by atoms with Gasteiger partial charge in [0.05, 0.1) is 14.2 Å². The van der Waals surface area contributed by atoms with Crippen LogP contribution in [0.1, 0.15) is 11.1 Å². The van der Waals surface area contributed by atoms with Gasteiger partial charge in [-0.15, -0.1) is 13.2 Å². The summed E-state index contributed by atoms with van der Waals surface area (Å²) in [6, 6.07) is 3.47. The SMILES string of the molecule is C=CCc1cc(OC)c(O)c(-c2c(O)c(OC)cc(CC=C)c2Br)c1Br. The van der Waals surface area contributed by atoms with Crippen molar-refractivity contribution in [3.05, 3.63) is 57.5 Å². The quantitative estimate of drug-likeness (QED) is 0.491. The molecule has 2 N–H and O–H groups in total. The molecule has 6 heteroatoms. The number of rotatable bonds is 7. The maximum atomic E-state index is 10.8. The Morgan fingerprint density at radius 1 is 0.846 bits per heavy atom. The molecule has 0 atom stereocenters. The van der Waals surface area contributed by atoms with Gasteiger partial charge in [-0.2, -0.15) is 0 Å². The predicted molar refractivity (Wildman–Crippen MR) is 112 cm³/mol. The molecule has 2 aromatic carbocycles. The normalized spacial score (nSPS) is 10.5. The second kappa shape index (κ2) is 8.64. The number of ether oxygens (including phenoxy) is 2. The van der Waals surface area contributed by atoms with E-state index in [2.05, 4.69) is 45.0 Å². The van der Waals surface area contributed by atoms with Crippen LogP contribution in [0.25, 0.3) is 11.1 Å². The zero-order valence-electron chi connectivity index (χ0n) is 14.6. The van der Waals surface area contributed by atoms with Gasteiger partial charge in [-0.3, -0.25) is 0 Å². The standard InChI is InChI=1S/C20H20Br2O4/c1-5-7-11-9-13(25-3)19(23)15(17(11)21)16-18(22)12(8-6-2)10-14(26-4)20(16)24/h5-6,9-10,23-24H,1-2,7-8H2,3-4H3. The smallest absolute Gasteiger partial charge is 0.167 e. The Bertz CT molecular complexity index is 788. The van der Waals surface area contributed by atoms with Crippen LogP contribution in [0.4, 0.5) is 0 Å². The summed E-state index contributed by atoms with van der Waals surface area (Å²) in [6.45, 7) is 7.53. The molecule has 0 amide bonds. The lowest BCUT2D eigenvalue weighted by atomic mass is 9.96. The van der Waals surface area contributed by atoms with Crippen molar-refractivity contribution in [2.45, 2.75) is 12.8 Å². The molecule has 0 radical (unpaired) electrons. The summed E-state index contributed by atoms with van der Waals surface area (Å²) in [7, 11) is 2.96. The van der Waals surface area contributed by atoms with Crippen molar-refractivity contribution in [2.24, 2.45) is 0 Å². The summed E-state index contributed by atoms with van der Waals surface area (Å²) in [6.07, 6.45) is 4.63. The maximum absolute atomic E-state index is 10.8. The summed E-state index contributed by atoms with van der Waals surface area (Å²) >= 11 is 7.11. The third-order valence-corrected chi connectivity index (χ3v) is 5.78. The lowest BCUT2D eigenvalue weighted by Crippen LogP contribution is -1.98. The first-order valence-corrected chi connectivity index (χ1v) is 9.38. The summed E-state index contributed by atoms with van der Waals surface area (Å²) < 4.78 is 11.9. The molecule has 0 unspecified atom stereocenters. The van der Waals surface area contributed by atoms with Gasteiger partial charge in [0.25, 0.3) is 0 Å². The lowest BCUT2D eigenvalue weighted by molar-refractivity contribution is 0.370. The molecule has 0 saturated carbocycles. The minimum atomic E-state index is -0.0824. The largest absolute Gasteiger partial charge is 0.504 e. The third-order valence-electron chi connectivity index (χ3n) is 3.97. The zero-order chi connectivity index (χ0) is 19.4. The molecular formula is C20H20Br2O4. The van der Waals surface area contributed by atoms with E-state index < -0.39 is 0 Å². The van der Waals surface area contributed by atoms with Crippen molar-refractivity contribution in [2.75, 3.05) is 14.2 Å². The van der Waals surface area contributed by atoms with Crippen LogP contribution in [0.15, 0.2) is 46.4 Å². The van der Waals surface area contributed by atoms with Crippen molar-refractivity contribution in [3.8, 4) is 34.1 Å². The average Bonchev–Trinajstić information content (AvgIpc) is 2.62. The summed E-state index contributed by atoms with van der Waals surface area (Å²) in [5.41, 5.74) is 2.55. The Hall–Kier alpha value is -1.92. The highest BCUT2D eigenvalue weighted by atomic mass is 79.9. The number of hydrogen-bond donors (Lipinski definition) is 2. The molecule has 138 valence electrons. The first-order chi connectivity index (χ1) is 12.4. The Kier molecular flexibility index (Phi) is 6.78. The monoisotopic (exact) mass is 482 g/mol. The van der Waals surface area contributed by atoms with E-state index in [0.717, 1.165) is 11.1 Å². The Balaban J connectivity index is 2.94. The Morgan fingerprint density at radius 2 is 1.19 bits per heavy atom. The highest BCUT2D eigenvalue weighted by Crippen LogP contribution is 2.53. The van der Waals surface area contributed by atoms with Gasteiger partial charge in [-0.25, -0.2) is 0 Å². The maximum Gasteiger partial charge on any atom is 0.167 e. The molecular weight excluding hydrogens is 464 g/mol. The molecule has 26 heavy (non-hydrogen) atoms. The second-order valence-electron chi connectivity index (χ2n) is 5.54. The Morgan fingerprint density at radius 3 is 1.46 bits per heavy atom. The van der Waals surface area contributed by atoms with Crippen molar-refractivity contribution in [3.63, 3.8) is 0 Å². The van der Waals surface area contributed by atoms with Crippen LogP contribution < -0.4 is 9.47 Å². The highest BCUT2D eigenvalue weighted by Gasteiger charge is 2.25. The minimum Gasteiger partial charge on any atom is -0.504 e. The highest BCUT2D eigenvalue weighted by molar-refractivity contribution is 9.11. The molecule has 0 aliphatic carbocycles. The lowest BCUT2D eigenvalue weighted by Gasteiger charge is -2.20. The van der Waals surface area contributed by atoms with E-state index in [9.17, 15) is 10.2 Å². The van der Waals surface area contributed by atoms with Crippen molar-refractivity contribution >= 4 is 31.9 Å². The summed E-state index contributed by atoms with van der Waals surface area (Å²) in [5, 5.41) is 21.6. The van der Waals surface area contributed by atoms with Crippen LogP contribution >= 0.6 is 31.9 Å². The van der Waals surface area contributed by atoms with Crippen LogP contribution in [-0.4, -0.2) is 24.4 Å². The van der Waals surface area contributed by atoms with Crippen LogP contribution in [-0.2, 0) is 12.8 Å². The van der Waals surface area contributed by atoms with E-state index >= 15 is 0 Å². The molecule has 0 fully saturated rings. The Labute approximate surface area is 170 Å². The van der Waals surface area contributed by atoms with E-state index in [1.807, 2.05) is 0 Å². The topological polar surface area (TPSA) is 58.9 Å². The fourth-order valence-electron chi connectivity index (χ4n) is 2.73. The van der Waals surface area contributed by atoms with Crippen LogP contribution in [0.3, 0.4) is 0 Å². The fourth-order valence-corrected chi connectivity index (χ4v) is 4.06.